The summed E-state index contributed by atoms with van der Waals surface area (Å²) < 4.78 is 0. The molecule has 1 aromatic rings. The van der Waals surface area contributed by atoms with E-state index in [4.69, 9.17) is 16.6 Å². The molecular formula is C23H35N5O5. The van der Waals surface area contributed by atoms with Crippen LogP contribution in [0.15, 0.2) is 30.3 Å². The van der Waals surface area contributed by atoms with Gasteiger partial charge in [0.05, 0.1) is 12.6 Å². The molecule has 1 fully saturated rings. The summed E-state index contributed by atoms with van der Waals surface area (Å²) in [5.74, 6) is -1.86. The minimum atomic E-state index is -1.17. The van der Waals surface area contributed by atoms with E-state index in [0.29, 0.717) is 12.5 Å². The number of amides is 3. The molecule has 182 valence electrons. The lowest BCUT2D eigenvalue weighted by Gasteiger charge is -2.26. The van der Waals surface area contributed by atoms with Gasteiger partial charge in [-0.05, 0) is 50.1 Å². The van der Waals surface area contributed by atoms with Crippen molar-refractivity contribution in [2.45, 2.75) is 38.1 Å². The van der Waals surface area contributed by atoms with Crippen molar-refractivity contribution in [1.29, 1.82) is 0 Å². The summed E-state index contributed by atoms with van der Waals surface area (Å²) in [5, 5.41) is 14.4. The molecule has 3 amide bonds. The summed E-state index contributed by atoms with van der Waals surface area (Å²) in [6.07, 6.45) is 3.65. The minimum Gasteiger partial charge on any atom is -0.480 e. The molecule has 1 aromatic carbocycles. The molecule has 10 heteroatoms. The van der Waals surface area contributed by atoms with Crippen molar-refractivity contribution in [3.63, 3.8) is 0 Å². The average molecular weight is 462 g/mol. The zero-order valence-corrected chi connectivity index (χ0v) is 18.9. The molecule has 2 rings (SSSR count). The van der Waals surface area contributed by atoms with E-state index in [2.05, 4.69) is 10.6 Å². The van der Waals surface area contributed by atoms with Crippen LogP contribution in [0.5, 0.6) is 0 Å². The number of carbonyl (C=O) groups excluding carboxylic acids is 3. The maximum Gasteiger partial charge on any atom is 0.323 e. The van der Waals surface area contributed by atoms with Crippen LogP contribution >= 0.6 is 0 Å². The van der Waals surface area contributed by atoms with Crippen LogP contribution in [0.25, 0.3) is 0 Å². The van der Waals surface area contributed by atoms with Gasteiger partial charge in [0.1, 0.15) is 6.54 Å². The molecule has 0 saturated heterocycles. The summed E-state index contributed by atoms with van der Waals surface area (Å²) >= 11 is 0. The second kappa shape index (κ2) is 13.5. The van der Waals surface area contributed by atoms with E-state index in [1.165, 1.54) is 0 Å². The Morgan fingerprint density at radius 2 is 1.73 bits per heavy atom. The molecule has 0 spiro atoms. The fourth-order valence-corrected chi connectivity index (χ4v) is 3.99. The highest BCUT2D eigenvalue weighted by Crippen LogP contribution is 2.28. The molecule has 1 aliphatic carbocycles. The smallest absolute Gasteiger partial charge is 0.323 e. The van der Waals surface area contributed by atoms with E-state index in [1.807, 2.05) is 30.3 Å². The first-order chi connectivity index (χ1) is 15.8. The Kier molecular flexibility index (Phi) is 10.8. The minimum absolute atomic E-state index is 0.00356. The zero-order chi connectivity index (χ0) is 24.2. The maximum absolute atomic E-state index is 12.7. The van der Waals surface area contributed by atoms with Gasteiger partial charge in [0.25, 0.3) is 0 Å². The summed E-state index contributed by atoms with van der Waals surface area (Å²) in [7, 11) is 0. The predicted molar refractivity (Wildman–Crippen MR) is 123 cm³/mol. The lowest BCUT2D eigenvalue weighted by Crippen LogP contribution is -2.50. The highest BCUT2D eigenvalue weighted by atomic mass is 16.4. The Labute approximate surface area is 194 Å². The number of nitrogens with one attached hydrogen (secondary N) is 2. The van der Waals surface area contributed by atoms with E-state index in [9.17, 15) is 19.2 Å². The summed E-state index contributed by atoms with van der Waals surface area (Å²) in [4.78, 5) is 49.3. The Hall–Kier alpha value is -2.98. The Bertz CT molecular complexity index is 796. The van der Waals surface area contributed by atoms with E-state index >= 15 is 0 Å². The molecule has 0 unspecified atom stereocenters. The number of rotatable bonds is 12. The van der Waals surface area contributed by atoms with Crippen LogP contribution in [-0.2, 0) is 25.6 Å². The van der Waals surface area contributed by atoms with Gasteiger partial charge in [0.2, 0.25) is 17.7 Å². The van der Waals surface area contributed by atoms with Crippen molar-refractivity contribution in [3.05, 3.63) is 35.9 Å². The van der Waals surface area contributed by atoms with Crippen molar-refractivity contribution in [1.82, 2.24) is 15.5 Å². The number of carboxylic acid groups (broad SMARTS) is 1. The Morgan fingerprint density at radius 3 is 2.33 bits per heavy atom. The third kappa shape index (κ3) is 9.19. The number of carbonyl (C=O) groups is 4. The van der Waals surface area contributed by atoms with Crippen LogP contribution in [0.4, 0.5) is 0 Å². The van der Waals surface area contributed by atoms with Crippen LogP contribution in [0.2, 0.25) is 0 Å². The highest BCUT2D eigenvalue weighted by Gasteiger charge is 2.26. The molecule has 7 N–H and O–H groups in total. The van der Waals surface area contributed by atoms with Crippen LogP contribution in [0.3, 0.4) is 0 Å². The summed E-state index contributed by atoms with van der Waals surface area (Å²) in [5.41, 5.74) is 12.5. The lowest BCUT2D eigenvalue weighted by molar-refractivity contribution is -0.145. The number of nitrogens with two attached hydrogens (primary N) is 2. The fraction of sp³-hybridized carbons (Fsp3) is 0.565. The monoisotopic (exact) mass is 461 g/mol. The third-order valence-corrected chi connectivity index (χ3v) is 5.93. The predicted octanol–water partition coefficient (Wildman–Crippen LogP) is -0.533. The molecule has 1 aliphatic rings. The normalized spacial score (nSPS) is 18.7. The quantitative estimate of drug-likeness (QED) is 0.279. The van der Waals surface area contributed by atoms with Gasteiger partial charge in [0, 0.05) is 19.0 Å². The third-order valence-electron chi connectivity index (χ3n) is 5.93. The number of carboxylic acids is 1. The van der Waals surface area contributed by atoms with Crippen LogP contribution in [0.1, 0.15) is 31.2 Å². The molecule has 0 radical (unpaired) electrons. The highest BCUT2D eigenvalue weighted by molar-refractivity contribution is 5.86. The van der Waals surface area contributed by atoms with Crippen molar-refractivity contribution >= 4 is 23.7 Å². The Morgan fingerprint density at radius 1 is 1.06 bits per heavy atom. The van der Waals surface area contributed by atoms with Gasteiger partial charge in [-0.25, -0.2) is 0 Å². The summed E-state index contributed by atoms with van der Waals surface area (Å²) in [6, 6.07) is 8.31. The van der Waals surface area contributed by atoms with Gasteiger partial charge < -0.3 is 32.1 Å². The SMILES string of the molecule is NC[C@H]1CC[C@H](C(=O)NCC(=O)NCCN(CC(=O)O)C(=O)[C@@H](N)Cc2ccccc2)CC1. The molecule has 0 aliphatic heterocycles. The topological polar surface area (TPSA) is 168 Å². The van der Waals surface area contributed by atoms with Gasteiger partial charge in [-0.3, -0.25) is 19.2 Å². The van der Waals surface area contributed by atoms with E-state index in [-0.39, 0.29) is 37.9 Å². The molecule has 0 bridgehead atoms. The first kappa shape index (κ1) is 26.3. The number of aliphatic carboxylic acids is 1. The molecule has 0 aromatic heterocycles. The van der Waals surface area contributed by atoms with Crippen molar-refractivity contribution in [2.24, 2.45) is 23.3 Å². The number of nitrogens with zero attached hydrogens (tertiary/aromatic N) is 1. The molecule has 1 saturated carbocycles. The fourth-order valence-electron chi connectivity index (χ4n) is 3.99. The van der Waals surface area contributed by atoms with E-state index < -0.39 is 30.4 Å². The molecule has 10 nitrogen and oxygen atoms in total. The van der Waals surface area contributed by atoms with Gasteiger partial charge in [-0.2, -0.15) is 0 Å². The number of hydrogen-bond acceptors (Lipinski definition) is 6. The van der Waals surface area contributed by atoms with E-state index in [1.54, 1.807) is 0 Å². The van der Waals surface area contributed by atoms with Crippen molar-refractivity contribution in [2.75, 3.05) is 32.7 Å². The molecule has 0 heterocycles. The van der Waals surface area contributed by atoms with E-state index in [0.717, 1.165) is 36.1 Å². The van der Waals surface area contributed by atoms with Crippen LogP contribution in [0, 0.1) is 11.8 Å². The van der Waals surface area contributed by atoms with Gasteiger partial charge in [-0.15, -0.1) is 0 Å². The first-order valence-corrected chi connectivity index (χ1v) is 11.3. The van der Waals surface area contributed by atoms with Gasteiger partial charge >= 0.3 is 5.97 Å². The number of hydrogen-bond donors (Lipinski definition) is 5. The first-order valence-electron chi connectivity index (χ1n) is 11.3. The summed E-state index contributed by atoms with van der Waals surface area (Å²) in [6.45, 7) is -0.00540. The second-order valence-electron chi connectivity index (χ2n) is 8.47. The standard InChI is InChI=1S/C23H35N5O5/c24-13-17-6-8-18(9-7-17)22(32)27-14-20(29)26-10-11-28(15-21(30)31)23(33)19(25)12-16-4-2-1-3-5-16/h1-5,17-19H,6-15,24-25H2,(H,26,29)(H,27,32)(H,30,31)/t17-,18-,19-/m0/s1. The Balaban J connectivity index is 1.75. The molecular weight excluding hydrogens is 426 g/mol. The lowest BCUT2D eigenvalue weighted by atomic mass is 9.81. The molecule has 1 atom stereocenters. The second-order valence-corrected chi connectivity index (χ2v) is 8.47. The van der Waals surface area contributed by atoms with Gasteiger partial charge in [-0.1, -0.05) is 30.3 Å². The van der Waals surface area contributed by atoms with Crippen LogP contribution < -0.4 is 22.1 Å². The maximum atomic E-state index is 12.7. The van der Waals surface area contributed by atoms with Crippen molar-refractivity contribution < 1.29 is 24.3 Å². The largest absolute Gasteiger partial charge is 0.480 e. The van der Waals surface area contributed by atoms with Crippen LogP contribution in [-0.4, -0.2) is 72.5 Å². The average Bonchev–Trinajstić information content (AvgIpc) is 2.81. The number of benzene rings is 1. The zero-order valence-electron chi connectivity index (χ0n) is 18.9. The van der Waals surface area contributed by atoms with Gasteiger partial charge in [0.15, 0.2) is 0 Å². The van der Waals surface area contributed by atoms with Crippen molar-refractivity contribution in [3.8, 4) is 0 Å². The molecule has 33 heavy (non-hydrogen) atoms.